The molecule has 8 heteroatoms. The van der Waals surface area contributed by atoms with Crippen LogP contribution in [-0.2, 0) is 16.0 Å². The number of rotatable bonds is 3. The van der Waals surface area contributed by atoms with Crippen molar-refractivity contribution in [3.8, 4) is 17.4 Å². The summed E-state index contributed by atoms with van der Waals surface area (Å²) < 4.78 is 15.1. The van der Waals surface area contributed by atoms with E-state index in [-0.39, 0.29) is 23.1 Å². The fraction of sp³-hybridized carbons (Fsp3) is 0.154. The molecule has 21 heavy (non-hydrogen) atoms. The molecule has 1 aromatic carbocycles. The molecule has 1 N–H and O–H groups in total. The van der Waals surface area contributed by atoms with E-state index in [0.29, 0.717) is 6.61 Å². The molecule has 1 aliphatic rings. The van der Waals surface area contributed by atoms with Crippen molar-refractivity contribution in [1.82, 2.24) is 9.97 Å². The maximum atomic E-state index is 11.2. The van der Waals surface area contributed by atoms with Crippen LogP contribution >= 0.6 is 0 Å². The Morgan fingerprint density at radius 2 is 2.24 bits per heavy atom. The van der Waals surface area contributed by atoms with Gasteiger partial charge in [-0.3, -0.25) is 0 Å². The van der Waals surface area contributed by atoms with Crippen LogP contribution in [0.5, 0.6) is 17.4 Å². The number of aromatic nitrogens is 2. The Morgan fingerprint density at radius 1 is 1.38 bits per heavy atom. The minimum Gasteiger partial charge on any atom is -0.504 e. The highest BCUT2D eigenvalue weighted by atomic mass is 16.5. The average molecular weight is 285 g/mol. The van der Waals surface area contributed by atoms with Gasteiger partial charge in [-0.2, -0.15) is 0 Å². The predicted molar refractivity (Wildman–Crippen MR) is 71.7 cm³/mol. The maximum Gasteiger partial charge on any atom is 0.358 e. The monoisotopic (exact) mass is 285 g/mol. The number of nitrogens with zero attached hydrogens (tertiary/aromatic N) is 2. The smallest absolute Gasteiger partial charge is 0.358 e. The van der Waals surface area contributed by atoms with Gasteiger partial charge in [0.2, 0.25) is 5.88 Å². The molecule has 0 saturated carbocycles. The molecule has 1 radical (unpaired) electrons. The van der Waals surface area contributed by atoms with Crippen LogP contribution in [0.25, 0.3) is 0 Å². The van der Waals surface area contributed by atoms with Gasteiger partial charge in [-0.05, 0) is 23.2 Å². The van der Waals surface area contributed by atoms with Crippen molar-refractivity contribution < 1.29 is 24.0 Å². The van der Waals surface area contributed by atoms with E-state index in [1.54, 1.807) is 19.6 Å². The number of hydrogen-bond acceptors (Lipinski definition) is 7. The number of benzene rings is 1. The molecule has 105 valence electrons. The molecule has 7 nitrogen and oxygen atoms in total. The molecule has 0 amide bonds. The van der Waals surface area contributed by atoms with Gasteiger partial charge < -0.3 is 19.2 Å². The molecule has 3 rings (SSSR count). The fourth-order valence-corrected chi connectivity index (χ4v) is 1.86. The van der Waals surface area contributed by atoms with Crippen LogP contribution in [0.2, 0.25) is 0 Å². The second-order valence-corrected chi connectivity index (χ2v) is 4.28. The SMILES string of the molecule is COC(=O)c1cnc(Oc2cc3c(cc2O)CO[B]3)cn1. The van der Waals surface area contributed by atoms with Crippen molar-refractivity contribution >= 4 is 18.9 Å². The molecule has 0 aliphatic carbocycles. The van der Waals surface area contributed by atoms with Crippen molar-refractivity contribution in [2.75, 3.05) is 7.11 Å². The molecule has 0 atom stereocenters. The Bertz CT molecular complexity index is 690. The van der Waals surface area contributed by atoms with Crippen molar-refractivity contribution in [2.45, 2.75) is 6.61 Å². The second-order valence-electron chi connectivity index (χ2n) is 4.28. The number of hydrogen-bond donors (Lipinski definition) is 1. The highest BCUT2D eigenvalue weighted by Gasteiger charge is 2.18. The molecule has 0 spiro atoms. The first-order valence-corrected chi connectivity index (χ1v) is 6.06. The third-order valence-electron chi connectivity index (χ3n) is 2.91. The minimum absolute atomic E-state index is 0.0218. The standard InChI is InChI=1S/C13H10BN2O5/c1-19-13(18)9-4-16-12(5-15-9)21-11-3-8-7(2-10(11)17)6-20-14-8/h2-5,17H,6H2,1H3. The maximum absolute atomic E-state index is 11.2. The van der Waals surface area contributed by atoms with Crippen molar-refractivity contribution in [1.29, 1.82) is 0 Å². The van der Waals surface area contributed by atoms with Gasteiger partial charge in [0.1, 0.15) is 0 Å². The topological polar surface area (TPSA) is 90.8 Å². The highest BCUT2D eigenvalue weighted by molar-refractivity contribution is 6.49. The zero-order valence-electron chi connectivity index (χ0n) is 11.1. The predicted octanol–water partition coefficient (Wildman–Crippen LogP) is 0.536. The van der Waals surface area contributed by atoms with E-state index in [2.05, 4.69) is 14.7 Å². The number of carbonyl (C=O) groups is 1. The van der Waals surface area contributed by atoms with Gasteiger partial charge in [-0.1, -0.05) is 0 Å². The first kappa shape index (κ1) is 13.4. The van der Waals surface area contributed by atoms with Gasteiger partial charge in [0.15, 0.2) is 17.2 Å². The first-order valence-electron chi connectivity index (χ1n) is 6.06. The number of aromatic hydroxyl groups is 1. The van der Waals surface area contributed by atoms with Crippen LogP contribution < -0.4 is 10.2 Å². The van der Waals surface area contributed by atoms with E-state index >= 15 is 0 Å². The third-order valence-corrected chi connectivity index (χ3v) is 2.91. The van der Waals surface area contributed by atoms with E-state index in [1.165, 1.54) is 19.5 Å². The lowest BCUT2D eigenvalue weighted by Crippen LogP contribution is -2.11. The van der Waals surface area contributed by atoms with Gasteiger partial charge >= 0.3 is 13.5 Å². The van der Waals surface area contributed by atoms with E-state index in [4.69, 9.17) is 9.39 Å². The van der Waals surface area contributed by atoms with Gasteiger partial charge in [0.05, 0.1) is 26.1 Å². The van der Waals surface area contributed by atoms with Crippen LogP contribution in [0.4, 0.5) is 0 Å². The second kappa shape index (κ2) is 5.41. The first-order chi connectivity index (χ1) is 10.2. The number of esters is 1. The molecule has 0 unspecified atom stereocenters. The minimum atomic E-state index is -0.582. The summed E-state index contributed by atoms with van der Waals surface area (Å²) in [6.45, 7) is 0.427. The molecule has 0 bridgehead atoms. The normalized spacial score (nSPS) is 12.4. The van der Waals surface area contributed by atoms with E-state index in [0.717, 1.165) is 11.0 Å². The van der Waals surface area contributed by atoms with Crippen LogP contribution in [0.1, 0.15) is 16.1 Å². The van der Waals surface area contributed by atoms with Gasteiger partial charge in [0.25, 0.3) is 0 Å². The zero-order chi connectivity index (χ0) is 14.8. The number of fused-ring (bicyclic) bond motifs is 1. The number of carbonyl (C=O) groups excluding carboxylic acids is 1. The molecule has 1 aromatic heterocycles. The Labute approximate surface area is 120 Å². The lowest BCUT2D eigenvalue weighted by atomic mass is 9.87. The van der Waals surface area contributed by atoms with Crippen molar-refractivity contribution in [3.63, 3.8) is 0 Å². The lowest BCUT2D eigenvalue weighted by Gasteiger charge is -2.08. The number of phenols is 1. The van der Waals surface area contributed by atoms with Gasteiger partial charge in [-0.25, -0.2) is 14.8 Å². The molecule has 2 heterocycles. The highest BCUT2D eigenvalue weighted by Crippen LogP contribution is 2.30. The summed E-state index contributed by atoms with van der Waals surface area (Å²) >= 11 is 0. The van der Waals surface area contributed by atoms with Crippen LogP contribution in [0.15, 0.2) is 24.5 Å². The molecule has 0 saturated heterocycles. The lowest BCUT2D eigenvalue weighted by molar-refractivity contribution is 0.0593. The number of methoxy groups -OCH3 is 1. The molecule has 2 aromatic rings. The number of phenolic OH excluding ortho intramolecular Hbond substituents is 1. The Kier molecular flexibility index (Phi) is 3.45. The zero-order valence-corrected chi connectivity index (χ0v) is 11.1. The molecular weight excluding hydrogens is 275 g/mol. The summed E-state index contributed by atoms with van der Waals surface area (Å²) in [4.78, 5) is 19.1. The van der Waals surface area contributed by atoms with Crippen molar-refractivity contribution in [2.24, 2.45) is 0 Å². The quantitative estimate of drug-likeness (QED) is 0.650. The van der Waals surface area contributed by atoms with Crippen molar-refractivity contribution in [3.05, 3.63) is 35.8 Å². The number of ether oxygens (including phenoxy) is 2. The van der Waals surface area contributed by atoms with Crippen LogP contribution in [0, 0.1) is 0 Å². The molecule has 1 aliphatic heterocycles. The van der Waals surface area contributed by atoms with E-state index in [9.17, 15) is 9.90 Å². The average Bonchev–Trinajstić information content (AvgIpc) is 2.94. The van der Waals surface area contributed by atoms with Crippen LogP contribution in [0.3, 0.4) is 0 Å². The summed E-state index contributed by atoms with van der Waals surface area (Å²) in [7, 11) is 2.85. The van der Waals surface area contributed by atoms with E-state index < -0.39 is 5.97 Å². The fourth-order valence-electron chi connectivity index (χ4n) is 1.86. The summed E-state index contributed by atoms with van der Waals surface area (Å²) in [6, 6.07) is 3.22. The molecular formula is C13H10BN2O5. The van der Waals surface area contributed by atoms with E-state index in [1.807, 2.05) is 0 Å². The summed E-state index contributed by atoms with van der Waals surface area (Å²) in [5, 5.41) is 9.90. The summed E-state index contributed by atoms with van der Waals surface area (Å²) in [6.07, 6.45) is 2.51. The van der Waals surface area contributed by atoms with Crippen LogP contribution in [-0.4, -0.2) is 35.6 Å². The Morgan fingerprint density at radius 3 is 2.95 bits per heavy atom. The van der Waals surface area contributed by atoms with Gasteiger partial charge in [0, 0.05) is 0 Å². The largest absolute Gasteiger partial charge is 0.504 e. The Hall–Kier alpha value is -2.61. The Balaban J connectivity index is 1.82. The summed E-state index contributed by atoms with van der Waals surface area (Å²) in [5.74, 6) is -0.222. The summed E-state index contributed by atoms with van der Waals surface area (Å²) in [5.41, 5.74) is 1.79. The molecule has 0 fully saturated rings. The van der Waals surface area contributed by atoms with Gasteiger partial charge in [-0.15, -0.1) is 0 Å². The third kappa shape index (κ3) is 2.66.